The highest BCUT2D eigenvalue weighted by Gasteiger charge is 2.16. The molecule has 2 nitrogen and oxygen atoms in total. The van der Waals surface area contributed by atoms with Gasteiger partial charge in [0, 0.05) is 12.6 Å². The van der Waals surface area contributed by atoms with Crippen molar-refractivity contribution < 1.29 is 5.11 Å². The van der Waals surface area contributed by atoms with Crippen molar-refractivity contribution in [2.45, 2.75) is 78.2 Å². The van der Waals surface area contributed by atoms with Crippen LogP contribution in [0.1, 0.15) is 72.1 Å². The van der Waals surface area contributed by atoms with Gasteiger partial charge in [0.2, 0.25) is 0 Å². The normalized spacial score (nSPS) is 13.2. The predicted molar refractivity (Wildman–Crippen MR) is 76.4 cm³/mol. The smallest absolute Gasteiger partial charge is 0.0431 e. The largest absolute Gasteiger partial charge is 0.396 e. The Labute approximate surface area is 108 Å². The first-order chi connectivity index (χ1) is 8.29. The Kier molecular flexibility index (Phi) is 12.3. The first-order valence-corrected chi connectivity index (χ1v) is 7.64. The number of aliphatic hydroxyl groups is 1. The molecule has 0 fully saturated rings. The van der Waals surface area contributed by atoms with E-state index in [1.807, 2.05) is 0 Å². The molecule has 0 aromatic carbocycles. The lowest BCUT2D eigenvalue weighted by molar-refractivity contribution is 0.158. The van der Waals surface area contributed by atoms with Crippen LogP contribution in [0.25, 0.3) is 0 Å². The lowest BCUT2D eigenvalue weighted by Crippen LogP contribution is -2.37. The van der Waals surface area contributed by atoms with Crippen molar-refractivity contribution in [1.82, 2.24) is 4.90 Å². The Morgan fingerprint density at radius 3 is 1.82 bits per heavy atom. The topological polar surface area (TPSA) is 23.5 Å². The zero-order valence-electron chi connectivity index (χ0n) is 12.2. The Hall–Kier alpha value is -0.0800. The highest BCUT2D eigenvalue weighted by atomic mass is 16.2. The molecule has 1 atom stereocenters. The van der Waals surface area contributed by atoms with Gasteiger partial charge in [-0.15, -0.1) is 0 Å². The molecule has 1 unspecified atom stereocenters. The fraction of sp³-hybridized carbons (Fsp3) is 1.00. The molecule has 0 saturated carbocycles. The highest BCUT2D eigenvalue weighted by molar-refractivity contribution is 4.71. The summed E-state index contributed by atoms with van der Waals surface area (Å²) in [6.07, 6.45) is 9.84. The lowest BCUT2D eigenvalue weighted by atomic mass is 10.0. The van der Waals surface area contributed by atoms with Gasteiger partial charge in [-0.25, -0.2) is 0 Å². The third-order valence-electron chi connectivity index (χ3n) is 3.43. The second-order valence-electron chi connectivity index (χ2n) is 5.05. The van der Waals surface area contributed by atoms with Crippen LogP contribution in [-0.2, 0) is 0 Å². The molecule has 0 aromatic rings. The molecule has 0 heterocycles. The summed E-state index contributed by atoms with van der Waals surface area (Å²) in [5.41, 5.74) is 0. The van der Waals surface area contributed by atoms with Crippen LogP contribution in [-0.4, -0.2) is 35.7 Å². The second-order valence-corrected chi connectivity index (χ2v) is 5.05. The molecule has 0 bridgehead atoms. The van der Waals surface area contributed by atoms with Crippen molar-refractivity contribution in [3.05, 3.63) is 0 Å². The first-order valence-electron chi connectivity index (χ1n) is 7.64. The molecule has 0 rings (SSSR count). The molecule has 0 saturated heterocycles. The summed E-state index contributed by atoms with van der Waals surface area (Å²) >= 11 is 0. The number of hydrogen-bond donors (Lipinski definition) is 1. The molecule has 0 aromatic heterocycles. The number of hydrogen-bond acceptors (Lipinski definition) is 2. The maximum absolute atomic E-state index is 9.00. The van der Waals surface area contributed by atoms with Crippen LogP contribution in [0.2, 0.25) is 0 Å². The fourth-order valence-electron chi connectivity index (χ4n) is 2.37. The van der Waals surface area contributed by atoms with Crippen molar-refractivity contribution in [2.24, 2.45) is 0 Å². The summed E-state index contributed by atoms with van der Waals surface area (Å²) in [5.74, 6) is 0. The van der Waals surface area contributed by atoms with Crippen LogP contribution in [0.15, 0.2) is 0 Å². The summed E-state index contributed by atoms with van der Waals surface area (Å²) < 4.78 is 0. The van der Waals surface area contributed by atoms with E-state index in [4.69, 9.17) is 5.11 Å². The summed E-state index contributed by atoms with van der Waals surface area (Å²) in [6, 6.07) is 0.699. The third kappa shape index (κ3) is 8.62. The first kappa shape index (κ1) is 16.9. The van der Waals surface area contributed by atoms with Crippen LogP contribution in [0.4, 0.5) is 0 Å². The Balaban J connectivity index is 4.20. The fourth-order valence-corrected chi connectivity index (χ4v) is 2.37. The van der Waals surface area contributed by atoms with Gasteiger partial charge in [0.1, 0.15) is 0 Å². The highest BCUT2D eigenvalue weighted by Crippen LogP contribution is 2.15. The molecule has 0 amide bonds. The van der Waals surface area contributed by atoms with Gasteiger partial charge in [-0.05, 0) is 45.2 Å². The summed E-state index contributed by atoms with van der Waals surface area (Å²) in [6.45, 7) is 9.62. The molecule has 1 N–H and O–H groups in total. The zero-order chi connectivity index (χ0) is 12.9. The third-order valence-corrected chi connectivity index (χ3v) is 3.43. The predicted octanol–water partition coefficient (Wildman–Crippen LogP) is 3.83. The standard InChI is InChI=1S/C15H33NO/c1-4-7-12-16(13-8-5-2)15(10-6-3)11-9-14-17/h15,17H,4-14H2,1-3H3. The van der Waals surface area contributed by atoms with E-state index in [9.17, 15) is 0 Å². The van der Waals surface area contributed by atoms with Crippen molar-refractivity contribution in [3.63, 3.8) is 0 Å². The van der Waals surface area contributed by atoms with E-state index in [1.54, 1.807) is 0 Å². The maximum Gasteiger partial charge on any atom is 0.0431 e. The van der Waals surface area contributed by atoms with Crippen molar-refractivity contribution in [2.75, 3.05) is 19.7 Å². The Bertz CT molecular complexity index is 142. The van der Waals surface area contributed by atoms with Gasteiger partial charge in [-0.1, -0.05) is 40.0 Å². The van der Waals surface area contributed by atoms with Gasteiger partial charge in [0.05, 0.1) is 0 Å². The van der Waals surface area contributed by atoms with E-state index in [0.29, 0.717) is 12.6 Å². The number of unbranched alkanes of at least 4 members (excludes halogenated alkanes) is 2. The number of rotatable bonds is 12. The molecule has 2 heteroatoms. The lowest BCUT2D eigenvalue weighted by Gasteiger charge is -2.31. The van der Waals surface area contributed by atoms with E-state index in [1.165, 1.54) is 51.6 Å². The molecular weight excluding hydrogens is 210 g/mol. The van der Waals surface area contributed by atoms with Crippen LogP contribution < -0.4 is 0 Å². The van der Waals surface area contributed by atoms with Gasteiger partial charge < -0.3 is 10.0 Å². The van der Waals surface area contributed by atoms with Crippen LogP contribution >= 0.6 is 0 Å². The average molecular weight is 243 g/mol. The van der Waals surface area contributed by atoms with Crippen molar-refractivity contribution >= 4 is 0 Å². The zero-order valence-corrected chi connectivity index (χ0v) is 12.2. The molecule has 104 valence electrons. The van der Waals surface area contributed by atoms with Gasteiger partial charge in [0.15, 0.2) is 0 Å². The van der Waals surface area contributed by atoms with E-state index >= 15 is 0 Å². The quantitative estimate of drug-likeness (QED) is 0.563. The molecule has 0 aliphatic carbocycles. The van der Waals surface area contributed by atoms with Gasteiger partial charge in [-0.2, -0.15) is 0 Å². The Morgan fingerprint density at radius 1 is 0.824 bits per heavy atom. The van der Waals surface area contributed by atoms with E-state index in [2.05, 4.69) is 25.7 Å². The SMILES string of the molecule is CCCCN(CCCC)C(CCC)CCCO. The van der Waals surface area contributed by atoms with Gasteiger partial charge in [-0.3, -0.25) is 0 Å². The molecule has 0 spiro atoms. The van der Waals surface area contributed by atoms with Crippen LogP contribution in [0.3, 0.4) is 0 Å². The molecule has 17 heavy (non-hydrogen) atoms. The number of nitrogens with zero attached hydrogens (tertiary/aromatic N) is 1. The average Bonchev–Trinajstić information content (AvgIpc) is 2.35. The van der Waals surface area contributed by atoms with E-state index in [-0.39, 0.29) is 0 Å². The minimum absolute atomic E-state index is 0.343. The van der Waals surface area contributed by atoms with Gasteiger partial charge >= 0.3 is 0 Å². The monoisotopic (exact) mass is 243 g/mol. The van der Waals surface area contributed by atoms with Crippen molar-refractivity contribution in [3.8, 4) is 0 Å². The summed E-state index contributed by atoms with van der Waals surface area (Å²) in [7, 11) is 0. The Morgan fingerprint density at radius 2 is 1.41 bits per heavy atom. The van der Waals surface area contributed by atoms with E-state index in [0.717, 1.165) is 12.8 Å². The van der Waals surface area contributed by atoms with Gasteiger partial charge in [0.25, 0.3) is 0 Å². The minimum atomic E-state index is 0.343. The summed E-state index contributed by atoms with van der Waals surface area (Å²) in [5, 5.41) is 9.00. The maximum atomic E-state index is 9.00. The summed E-state index contributed by atoms with van der Waals surface area (Å²) in [4.78, 5) is 2.67. The van der Waals surface area contributed by atoms with Crippen molar-refractivity contribution in [1.29, 1.82) is 0 Å². The minimum Gasteiger partial charge on any atom is -0.396 e. The molecular formula is C15H33NO. The van der Waals surface area contributed by atoms with Crippen LogP contribution in [0.5, 0.6) is 0 Å². The second kappa shape index (κ2) is 12.4. The molecule has 0 radical (unpaired) electrons. The molecule has 0 aliphatic rings. The molecule has 0 aliphatic heterocycles. The van der Waals surface area contributed by atoms with Crippen LogP contribution in [0, 0.1) is 0 Å². The van der Waals surface area contributed by atoms with E-state index < -0.39 is 0 Å². The number of aliphatic hydroxyl groups excluding tert-OH is 1.